The molecule has 3 rings (SSSR count). The van der Waals surface area contributed by atoms with E-state index in [2.05, 4.69) is 10.4 Å². The minimum atomic E-state index is -0.590. The lowest BCUT2D eigenvalue weighted by Gasteiger charge is -2.18. The van der Waals surface area contributed by atoms with Crippen LogP contribution in [0.25, 0.3) is 0 Å². The van der Waals surface area contributed by atoms with Crippen LogP contribution in [0.1, 0.15) is 42.5 Å². The third-order valence-electron chi connectivity index (χ3n) is 4.66. The van der Waals surface area contributed by atoms with Crippen molar-refractivity contribution in [3.8, 4) is 0 Å². The van der Waals surface area contributed by atoms with Crippen LogP contribution < -0.4 is 10.2 Å². The van der Waals surface area contributed by atoms with Crippen LogP contribution >= 0.6 is 0 Å². The summed E-state index contributed by atoms with van der Waals surface area (Å²) in [7, 11) is 1.80. The summed E-state index contributed by atoms with van der Waals surface area (Å²) in [6.07, 6.45) is 0. The highest BCUT2D eigenvalue weighted by atomic mass is 16.2. The summed E-state index contributed by atoms with van der Waals surface area (Å²) in [5.74, 6) is -0.169. The van der Waals surface area contributed by atoms with Crippen LogP contribution in [0.5, 0.6) is 0 Å². The van der Waals surface area contributed by atoms with Crippen molar-refractivity contribution in [3.63, 3.8) is 0 Å². The Kier molecular flexibility index (Phi) is 3.70. The number of fused-ring (bicyclic) bond motifs is 1. The van der Waals surface area contributed by atoms with E-state index in [1.807, 2.05) is 45.9 Å². The van der Waals surface area contributed by atoms with Gasteiger partial charge in [0, 0.05) is 30.7 Å². The molecule has 6 nitrogen and oxygen atoms in total. The van der Waals surface area contributed by atoms with Crippen molar-refractivity contribution in [1.82, 2.24) is 9.78 Å². The van der Waals surface area contributed by atoms with Gasteiger partial charge in [0.15, 0.2) is 5.69 Å². The molecule has 0 radical (unpaired) electrons. The molecule has 0 spiro atoms. The minimum absolute atomic E-state index is 0.0869. The Morgan fingerprint density at radius 1 is 1.29 bits per heavy atom. The van der Waals surface area contributed by atoms with E-state index in [0.29, 0.717) is 17.9 Å². The zero-order chi connectivity index (χ0) is 17.6. The van der Waals surface area contributed by atoms with Crippen molar-refractivity contribution in [2.24, 2.45) is 7.05 Å². The van der Waals surface area contributed by atoms with Gasteiger partial charge in [0.05, 0.1) is 5.41 Å². The van der Waals surface area contributed by atoms with Crippen LogP contribution in [0.15, 0.2) is 24.3 Å². The van der Waals surface area contributed by atoms with E-state index in [0.717, 1.165) is 16.9 Å². The molecule has 0 bridgehead atoms. The van der Waals surface area contributed by atoms with Gasteiger partial charge in [0.2, 0.25) is 5.91 Å². The molecule has 0 saturated carbocycles. The number of hydrogen-bond acceptors (Lipinski definition) is 3. The van der Waals surface area contributed by atoms with Gasteiger partial charge in [-0.1, -0.05) is 0 Å². The van der Waals surface area contributed by atoms with Crippen molar-refractivity contribution in [3.05, 3.63) is 41.2 Å². The predicted molar refractivity (Wildman–Crippen MR) is 93.4 cm³/mol. The molecule has 0 unspecified atom stereocenters. The number of nitrogens with zero attached hydrogens (tertiary/aromatic N) is 3. The number of rotatable bonds is 3. The fourth-order valence-electron chi connectivity index (χ4n) is 3.09. The van der Waals surface area contributed by atoms with Crippen LogP contribution in [-0.2, 0) is 17.3 Å². The first-order valence-electron chi connectivity index (χ1n) is 8.04. The second kappa shape index (κ2) is 5.47. The third-order valence-corrected chi connectivity index (χ3v) is 4.66. The molecule has 1 aliphatic heterocycles. The molecule has 2 aromatic rings. The van der Waals surface area contributed by atoms with Crippen LogP contribution in [-0.4, -0.2) is 28.1 Å². The average molecular weight is 326 g/mol. The molecule has 0 atom stereocenters. The molecule has 2 heterocycles. The summed E-state index contributed by atoms with van der Waals surface area (Å²) in [5.41, 5.74) is 3.22. The molecule has 2 amide bonds. The summed E-state index contributed by atoms with van der Waals surface area (Å²) in [4.78, 5) is 26.7. The van der Waals surface area contributed by atoms with Gasteiger partial charge in [-0.15, -0.1) is 0 Å². The lowest BCUT2D eigenvalue weighted by Crippen LogP contribution is -2.35. The molecule has 1 aromatic carbocycles. The van der Waals surface area contributed by atoms with Crippen molar-refractivity contribution >= 4 is 23.2 Å². The predicted octanol–water partition coefficient (Wildman–Crippen LogP) is 2.62. The van der Waals surface area contributed by atoms with Crippen LogP contribution in [0, 0.1) is 6.92 Å². The molecule has 0 aliphatic carbocycles. The maximum atomic E-state index is 12.5. The SMILES string of the molecule is CCN1C(=O)C(C)(C)c2cc(NC(=O)c3cc(C)n(C)n3)ccc21. The maximum absolute atomic E-state index is 12.5. The zero-order valence-corrected chi connectivity index (χ0v) is 14.7. The van der Waals surface area contributed by atoms with Gasteiger partial charge >= 0.3 is 0 Å². The largest absolute Gasteiger partial charge is 0.321 e. The molecule has 126 valence electrons. The van der Waals surface area contributed by atoms with E-state index < -0.39 is 5.41 Å². The van der Waals surface area contributed by atoms with Crippen LogP contribution in [0.4, 0.5) is 11.4 Å². The highest BCUT2D eigenvalue weighted by molar-refractivity contribution is 6.09. The molecule has 1 aromatic heterocycles. The quantitative estimate of drug-likeness (QED) is 0.943. The number of benzene rings is 1. The Balaban J connectivity index is 1.91. The van der Waals surface area contributed by atoms with Gasteiger partial charge in [-0.25, -0.2) is 0 Å². The number of amides is 2. The van der Waals surface area contributed by atoms with E-state index >= 15 is 0 Å². The fourth-order valence-corrected chi connectivity index (χ4v) is 3.09. The van der Waals surface area contributed by atoms with Crippen molar-refractivity contribution in [1.29, 1.82) is 0 Å². The molecule has 6 heteroatoms. The summed E-state index contributed by atoms with van der Waals surface area (Å²) >= 11 is 0. The van der Waals surface area contributed by atoms with Gasteiger partial charge in [-0.2, -0.15) is 5.10 Å². The second-order valence-electron chi connectivity index (χ2n) is 6.66. The highest BCUT2D eigenvalue weighted by Gasteiger charge is 2.43. The summed E-state index contributed by atoms with van der Waals surface area (Å²) in [6, 6.07) is 7.35. The Bertz CT molecular complexity index is 816. The lowest BCUT2D eigenvalue weighted by molar-refractivity contribution is -0.122. The summed E-state index contributed by atoms with van der Waals surface area (Å²) in [6.45, 7) is 8.32. The van der Waals surface area contributed by atoms with Crippen molar-refractivity contribution < 1.29 is 9.59 Å². The standard InChI is InChI=1S/C18H22N4O2/c1-6-22-15-8-7-12(10-13(15)18(3,4)17(22)24)19-16(23)14-9-11(2)21(5)20-14/h7-10H,6H2,1-5H3,(H,19,23). The average Bonchev–Trinajstić information content (AvgIpc) is 2.96. The molecule has 1 N–H and O–H groups in total. The minimum Gasteiger partial charge on any atom is -0.321 e. The molecule has 1 aliphatic rings. The Labute approximate surface area is 141 Å². The number of carbonyl (C=O) groups excluding carboxylic acids is 2. The Morgan fingerprint density at radius 2 is 2.00 bits per heavy atom. The van der Waals surface area contributed by atoms with E-state index in [-0.39, 0.29) is 11.8 Å². The summed E-state index contributed by atoms with van der Waals surface area (Å²) in [5, 5.41) is 7.06. The number of hydrogen-bond donors (Lipinski definition) is 1. The van der Waals surface area contributed by atoms with Gasteiger partial charge in [-0.3, -0.25) is 14.3 Å². The number of carbonyl (C=O) groups is 2. The lowest BCUT2D eigenvalue weighted by atomic mass is 9.86. The van der Waals surface area contributed by atoms with E-state index in [4.69, 9.17) is 0 Å². The van der Waals surface area contributed by atoms with Crippen LogP contribution in [0.3, 0.4) is 0 Å². The molecule has 0 fully saturated rings. The van der Waals surface area contributed by atoms with Gasteiger partial charge in [-0.05, 0) is 57.5 Å². The van der Waals surface area contributed by atoms with Gasteiger partial charge in [0.25, 0.3) is 5.91 Å². The van der Waals surface area contributed by atoms with E-state index in [1.165, 1.54) is 0 Å². The first-order valence-corrected chi connectivity index (χ1v) is 8.04. The van der Waals surface area contributed by atoms with E-state index in [9.17, 15) is 9.59 Å². The van der Waals surface area contributed by atoms with Crippen molar-refractivity contribution in [2.45, 2.75) is 33.1 Å². The zero-order valence-electron chi connectivity index (χ0n) is 14.7. The second-order valence-corrected chi connectivity index (χ2v) is 6.66. The highest BCUT2D eigenvalue weighted by Crippen LogP contribution is 2.42. The Hall–Kier alpha value is -2.63. The number of likely N-dealkylation sites (N-methyl/N-ethyl adjacent to an activating group) is 1. The van der Waals surface area contributed by atoms with Crippen LogP contribution in [0.2, 0.25) is 0 Å². The molecule has 0 saturated heterocycles. The normalized spacial score (nSPS) is 15.5. The molecular weight excluding hydrogens is 304 g/mol. The first-order chi connectivity index (χ1) is 11.3. The third kappa shape index (κ3) is 2.38. The first kappa shape index (κ1) is 16.2. The van der Waals surface area contributed by atoms with Gasteiger partial charge < -0.3 is 10.2 Å². The number of aromatic nitrogens is 2. The monoisotopic (exact) mass is 326 g/mol. The fraction of sp³-hybridized carbons (Fsp3) is 0.389. The van der Waals surface area contributed by atoms with Crippen molar-refractivity contribution in [2.75, 3.05) is 16.8 Å². The number of anilines is 2. The maximum Gasteiger partial charge on any atom is 0.276 e. The molecule has 24 heavy (non-hydrogen) atoms. The summed E-state index contributed by atoms with van der Waals surface area (Å²) < 4.78 is 1.67. The topological polar surface area (TPSA) is 67.2 Å². The smallest absolute Gasteiger partial charge is 0.276 e. The van der Waals surface area contributed by atoms with E-state index in [1.54, 1.807) is 22.7 Å². The molecular formula is C18H22N4O2. The number of aryl methyl sites for hydroxylation is 2. The van der Waals surface area contributed by atoms with Gasteiger partial charge in [0.1, 0.15) is 0 Å². The Morgan fingerprint density at radius 3 is 2.58 bits per heavy atom. The number of nitrogens with one attached hydrogen (secondary N) is 1.